The number of alkyl halides is 3. The number of carbonyl (C=O) groups is 2. The molecule has 5 rings (SSSR count). The summed E-state index contributed by atoms with van der Waals surface area (Å²) in [5.74, 6) is -1.71. The van der Waals surface area contributed by atoms with Crippen LogP contribution in [0.15, 0.2) is 60.8 Å². The quantitative estimate of drug-likeness (QED) is 0.136. The summed E-state index contributed by atoms with van der Waals surface area (Å²) >= 11 is 1.42. The minimum Gasteiger partial charge on any atom is -0.453 e. The third-order valence-corrected chi connectivity index (χ3v) is 7.94. The van der Waals surface area contributed by atoms with Crippen LogP contribution < -0.4 is 20.7 Å². The molecule has 2 aromatic heterocycles. The maximum Gasteiger partial charge on any atom is 0.416 e. The molecule has 0 saturated carbocycles. The molecule has 15 heteroatoms. The van der Waals surface area contributed by atoms with Gasteiger partial charge in [0.2, 0.25) is 0 Å². The Morgan fingerprint density at radius 1 is 1.02 bits per heavy atom. The van der Waals surface area contributed by atoms with E-state index in [1.165, 1.54) is 29.7 Å². The van der Waals surface area contributed by atoms with E-state index in [0.29, 0.717) is 66.8 Å². The number of carbonyl (C=O) groups excluding carboxylic acids is 2. The van der Waals surface area contributed by atoms with Crippen LogP contribution in [0.4, 0.5) is 42.9 Å². The molecule has 3 heterocycles. The topological polar surface area (TPSA) is 105 Å². The van der Waals surface area contributed by atoms with E-state index >= 15 is 4.39 Å². The molecular formula is C30H26F5N5O4S. The summed E-state index contributed by atoms with van der Waals surface area (Å²) in [6, 6.07) is 7.41. The van der Waals surface area contributed by atoms with Crippen molar-refractivity contribution in [2.24, 2.45) is 0 Å². The molecule has 4 amide bonds. The molecule has 0 spiro atoms. The summed E-state index contributed by atoms with van der Waals surface area (Å²) in [7, 11) is 1.56. The van der Waals surface area contributed by atoms with Gasteiger partial charge in [0, 0.05) is 55.6 Å². The van der Waals surface area contributed by atoms with E-state index in [0.717, 1.165) is 16.5 Å². The van der Waals surface area contributed by atoms with E-state index in [1.54, 1.807) is 18.1 Å². The lowest BCUT2D eigenvalue weighted by Crippen LogP contribution is -2.43. The zero-order chi connectivity index (χ0) is 32.1. The van der Waals surface area contributed by atoms with Crippen LogP contribution in [0.5, 0.6) is 11.5 Å². The van der Waals surface area contributed by atoms with Crippen LogP contribution in [0.2, 0.25) is 0 Å². The number of benzene rings is 2. The Morgan fingerprint density at radius 2 is 1.84 bits per heavy atom. The van der Waals surface area contributed by atoms with Crippen molar-refractivity contribution >= 4 is 50.6 Å². The van der Waals surface area contributed by atoms with Crippen molar-refractivity contribution in [3.63, 3.8) is 0 Å². The molecule has 0 bridgehead atoms. The molecule has 0 fully saturated rings. The van der Waals surface area contributed by atoms with Crippen molar-refractivity contribution < 1.29 is 41.0 Å². The lowest BCUT2D eigenvalue weighted by Gasteiger charge is -2.26. The number of hydrogen-bond acceptors (Lipinski definition) is 6. The van der Waals surface area contributed by atoms with Crippen LogP contribution in [0.25, 0.3) is 15.8 Å². The Morgan fingerprint density at radius 3 is 2.56 bits per heavy atom. The van der Waals surface area contributed by atoms with Crippen LogP contribution in [0.3, 0.4) is 0 Å². The number of hydrogen-bond donors (Lipinski definition) is 3. The zero-order valence-corrected chi connectivity index (χ0v) is 24.5. The molecule has 0 radical (unpaired) electrons. The lowest BCUT2D eigenvalue weighted by molar-refractivity contribution is -0.137. The van der Waals surface area contributed by atoms with Gasteiger partial charge in [-0.25, -0.2) is 18.4 Å². The van der Waals surface area contributed by atoms with E-state index in [4.69, 9.17) is 9.47 Å². The number of amides is 4. The SMILES string of the molecule is COCCNC(=O)N1CC=C(c2cc3nccc(Oc4ccc(NC(=O)Nc5cc(C(F)(F)F)ccc5F)cc4F)c3s2)CC1. The first-order valence-electron chi connectivity index (χ1n) is 13.5. The molecule has 1 aliphatic rings. The smallest absolute Gasteiger partial charge is 0.416 e. The van der Waals surface area contributed by atoms with Crippen LogP contribution in [-0.2, 0) is 10.9 Å². The molecular weight excluding hydrogens is 621 g/mol. The van der Waals surface area contributed by atoms with Gasteiger partial charge >= 0.3 is 18.2 Å². The maximum atomic E-state index is 15.0. The fourth-order valence-corrected chi connectivity index (χ4v) is 5.60. The number of anilines is 2. The third-order valence-electron chi connectivity index (χ3n) is 6.72. The Labute approximate surface area is 257 Å². The molecule has 3 N–H and O–H groups in total. The Bertz CT molecular complexity index is 1760. The van der Waals surface area contributed by atoms with Crippen molar-refractivity contribution in [3.05, 3.63) is 82.9 Å². The predicted octanol–water partition coefficient (Wildman–Crippen LogP) is 7.47. The molecule has 0 atom stereocenters. The highest BCUT2D eigenvalue weighted by Gasteiger charge is 2.31. The molecule has 9 nitrogen and oxygen atoms in total. The molecule has 45 heavy (non-hydrogen) atoms. The minimum atomic E-state index is -4.73. The average Bonchev–Trinajstić information content (AvgIpc) is 3.45. The second-order valence-corrected chi connectivity index (χ2v) is 10.9. The van der Waals surface area contributed by atoms with Gasteiger partial charge in [-0.1, -0.05) is 6.08 Å². The third kappa shape index (κ3) is 7.67. The first-order chi connectivity index (χ1) is 21.5. The zero-order valence-electron chi connectivity index (χ0n) is 23.6. The van der Waals surface area contributed by atoms with Crippen molar-refractivity contribution in [2.45, 2.75) is 12.6 Å². The molecule has 4 aromatic rings. The summed E-state index contributed by atoms with van der Waals surface area (Å²) in [4.78, 5) is 31.6. The number of aromatic nitrogens is 1. The van der Waals surface area contributed by atoms with Gasteiger partial charge in [-0.3, -0.25) is 4.98 Å². The summed E-state index contributed by atoms with van der Waals surface area (Å²) in [6.07, 6.45) is -0.588. The van der Waals surface area contributed by atoms with Gasteiger partial charge in [-0.15, -0.1) is 11.3 Å². The normalized spacial score (nSPS) is 13.4. The highest BCUT2D eigenvalue weighted by molar-refractivity contribution is 7.20. The summed E-state index contributed by atoms with van der Waals surface area (Å²) < 4.78 is 79.3. The number of pyridine rings is 1. The van der Waals surface area contributed by atoms with Crippen molar-refractivity contribution in [1.29, 1.82) is 0 Å². The van der Waals surface area contributed by atoms with Crippen LogP contribution in [-0.4, -0.2) is 55.3 Å². The molecule has 236 valence electrons. The summed E-state index contributed by atoms with van der Waals surface area (Å²) in [5.41, 5.74) is -0.186. The van der Waals surface area contributed by atoms with Crippen molar-refractivity contribution in [2.75, 3.05) is 44.0 Å². The number of urea groups is 2. The number of halogens is 5. The van der Waals surface area contributed by atoms with Gasteiger partial charge in [0.1, 0.15) is 11.6 Å². The maximum absolute atomic E-state index is 15.0. The highest BCUT2D eigenvalue weighted by atomic mass is 32.1. The summed E-state index contributed by atoms with van der Waals surface area (Å²) in [5, 5.41) is 7.06. The fourth-order valence-electron chi connectivity index (χ4n) is 4.46. The van der Waals surface area contributed by atoms with Crippen LogP contribution in [0.1, 0.15) is 16.9 Å². The van der Waals surface area contributed by atoms with E-state index in [9.17, 15) is 27.2 Å². The van der Waals surface area contributed by atoms with E-state index in [1.807, 2.05) is 17.5 Å². The number of nitrogens with one attached hydrogen (secondary N) is 3. The molecule has 2 aromatic carbocycles. The number of rotatable bonds is 8. The van der Waals surface area contributed by atoms with E-state index < -0.39 is 35.1 Å². The first-order valence-corrected chi connectivity index (χ1v) is 14.4. The molecule has 0 saturated heterocycles. The van der Waals surface area contributed by atoms with Gasteiger partial charge in [0.25, 0.3) is 0 Å². The Hall–Kier alpha value is -4.76. The van der Waals surface area contributed by atoms with Crippen molar-refractivity contribution in [3.8, 4) is 11.5 Å². The highest BCUT2D eigenvalue weighted by Crippen LogP contribution is 2.39. The van der Waals surface area contributed by atoms with Crippen molar-refractivity contribution in [1.82, 2.24) is 15.2 Å². The Kier molecular flexibility index (Phi) is 9.48. The van der Waals surface area contributed by atoms with Crippen LogP contribution >= 0.6 is 11.3 Å². The lowest BCUT2D eigenvalue weighted by atomic mass is 10.1. The second-order valence-electron chi connectivity index (χ2n) is 9.80. The predicted molar refractivity (Wildman–Crippen MR) is 160 cm³/mol. The van der Waals surface area contributed by atoms with Gasteiger partial charge in [-0.2, -0.15) is 13.2 Å². The molecule has 0 unspecified atom stereocenters. The number of nitrogens with zero attached hydrogens (tertiary/aromatic N) is 2. The monoisotopic (exact) mass is 647 g/mol. The summed E-state index contributed by atoms with van der Waals surface area (Å²) in [6.45, 7) is 1.83. The average molecular weight is 648 g/mol. The molecule has 0 aliphatic carbocycles. The second kappa shape index (κ2) is 13.5. The van der Waals surface area contributed by atoms with Gasteiger partial charge in [0.05, 0.1) is 28.1 Å². The number of fused-ring (bicyclic) bond motifs is 1. The minimum absolute atomic E-state index is 0.0475. The first kappa shape index (κ1) is 31.7. The number of methoxy groups -OCH3 is 1. The Balaban J connectivity index is 1.25. The van der Waals surface area contributed by atoms with E-state index in [2.05, 4.69) is 15.6 Å². The fraction of sp³-hybridized carbons (Fsp3) is 0.233. The van der Waals surface area contributed by atoms with Gasteiger partial charge in [0.15, 0.2) is 11.6 Å². The standard InChI is InChI=1S/C30H26F5N5O4S/c1-43-13-10-37-29(42)40-11-7-17(8-12-40)26-16-23-27(45-26)25(6-9-36-23)44-24-5-3-19(15-21(24)32)38-28(41)39-22-14-18(30(33,34)35)2-4-20(22)31/h2-7,9,14-16H,8,10-13H2,1H3,(H,37,42)(H2,38,39,41). The van der Waals surface area contributed by atoms with Gasteiger partial charge in [-0.05, 0) is 48.4 Å². The van der Waals surface area contributed by atoms with E-state index in [-0.39, 0.29) is 17.5 Å². The number of ether oxygens (including phenoxy) is 2. The van der Waals surface area contributed by atoms with Gasteiger partial charge < -0.3 is 30.3 Å². The largest absolute Gasteiger partial charge is 0.453 e. The molecule has 1 aliphatic heterocycles. The van der Waals surface area contributed by atoms with Crippen LogP contribution in [0, 0.1) is 11.6 Å². The number of thiophene rings is 1.